The van der Waals surface area contributed by atoms with Gasteiger partial charge in [-0.3, -0.25) is 9.59 Å². The van der Waals surface area contributed by atoms with Gasteiger partial charge in [-0.05, 0) is 0 Å². The Bertz CT molecular complexity index is 103. The fourth-order valence-corrected chi connectivity index (χ4v) is 0. The van der Waals surface area contributed by atoms with E-state index in [0.29, 0.717) is 0 Å². The molecule has 0 aromatic heterocycles. The summed E-state index contributed by atoms with van der Waals surface area (Å²) in [7, 11) is 0. The third-order valence-electron chi connectivity index (χ3n) is 0.0823. The minimum Gasteiger partial charge on any atom is -0.662 e. The molecule has 0 aromatic rings. The molecule has 0 fully saturated rings. The zero-order valence-corrected chi connectivity index (χ0v) is 5.46. The van der Waals surface area contributed by atoms with Crippen LogP contribution in [0, 0.1) is 0 Å². The molecule has 0 unspecified atom stereocenters. The van der Waals surface area contributed by atoms with Crippen LogP contribution in [0.3, 0.4) is 0 Å². The van der Waals surface area contributed by atoms with E-state index in [0.717, 1.165) is 0 Å². The predicted octanol–water partition coefficient (Wildman–Crippen LogP) is -2.98. The summed E-state index contributed by atoms with van der Waals surface area (Å²) < 4.78 is 0. The second-order valence-corrected chi connectivity index (χ2v) is 0.477. The fourth-order valence-electron chi connectivity index (χ4n) is 0. The minimum atomic E-state index is -0.181. The first-order chi connectivity index (χ1) is 5.24. The van der Waals surface area contributed by atoms with Gasteiger partial charge in [-0.15, -0.1) is 0 Å². The summed E-state index contributed by atoms with van der Waals surface area (Å²) in [4.78, 5) is 39.1. The molecule has 0 amide bonds. The van der Waals surface area contributed by atoms with Gasteiger partial charge in [0.05, 0.1) is 0 Å². The Labute approximate surface area is 68.3 Å². The van der Waals surface area contributed by atoms with Crippen molar-refractivity contribution >= 4 is 19.1 Å². The maximum atomic E-state index is 8.70. The second-order valence-electron chi connectivity index (χ2n) is 0.477. The van der Waals surface area contributed by atoms with Crippen LogP contribution in [0.4, 0.5) is 0 Å². The van der Waals surface area contributed by atoms with Crippen molar-refractivity contribution in [2.24, 2.45) is 0 Å². The lowest BCUT2D eigenvalue weighted by Gasteiger charge is -1.88. The molecule has 74 valence electrons. The van der Waals surface area contributed by atoms with Crippen LogP contribution in [0.1, 0.15) is 2.85 Å². The average molecular weight is 188 g/mol. The lowest BCUT2D eigenvalue weighted by atomic mass is 11.7. The van der Waals surface area contributed by atoms with E-state index in [-0.39, 0.29) is 27.4 Å². The SMILES string of the molecule is O.O=C=O.O=COO.O=CO[O-].[H+].[HH]. The molecule has 0 heterocycles. The van der Waals surface area contributed by atoms with Crippen LogP contribution in [-0.2, 0) is 29.0 Å². The minimum absolute atomic E-state index is 0. The number of rotatable bonds is 2. The molecular formula is C3H8O9. The Morgan fingerprint density at radius 1 is 1.42 bits per heavy atom. The van der Waals surface area contributed by atoms with Gasteiger partial charge in [0, 0.05) is 1.43 Å². The van der Waals surface area contributed by atoms with Gasteiger partial charge in [0.15, 0.2) is 0 Å². The van der Waals surface area contributed by atoms with E-state index >= 15 is 0 Å². The smallest absolute Gasteiger partial charge is 0.662 e. The summed E-state index contributed by atoms with van der Waals surface area (Å²) in [6.07, 6.45) is 0.250. The number of hydrogen-bond acceptors (Lipinski definition) is 8. The molecule has 0 aromatic carbocycles. The van der Waals surface area contributed by atoms with Gasteiger partial charge in [0.1, 0.15) is 0 Å². The first kappa shape index (κ1) is 22.5. The molecule has 12 heavy (non-hydrogen) atoms. The van der Waals surface area contributed by atoms with E-state index < -0.39 is 0 Å². The number of carbonyl (C=O) groups excluding carboxylic acids is 4. The molecule has 0 spiro atoms. The molecule has 0 aliphatic rings. The molecule has 0 saturated carbocycles. The molecule has 0 aliphatic heterocycles. The molecule has 0 aliphatic carbocycles. The summed E-state index contributed by atoms with van der Waals surface area (Å²) in [5.74, 6) is 0. The van der Waals surface area contributed by atoms with Gasteiger partial charge in [0.25, 0.3) is 6.47 Å². The van der Waals surface area contributed by atoms with Crippen LogP contribution in [0.5, 0.6) is 0 Å². The van der Waals surface area contributed by atoms with Crippen molar-refractivity contribution < 1.29 is 47.8 Å². The topological polar surface area (TPSA) is 162 Å². The maximum absolute atomic E-state index is 8.70. The lowest BCUT2D eigenvalue weighted by Crippen LogP contribution is -2.00. The highest BCUT2D eigenvalue weighted by atomic mass is 17.1. The first-order valence-corrected chi connectivity index (χ1v) is 1.70. The van der Waals surface area contributed by atoms with Crippen molar-refractivity contribution in [2.75, 3.05) is 0 Å². The normalized spacial score (nSPS) is 4.17. The standard InChI is InChI=1S/2CH2O3.CO2.H2O.H2/c2*2-1-4-3;2-1-3;;/h2*1,3H;;1H2;1H. The predicted molar refractivity (Wildman–Crippen MR) is 28.8 cm³/mol. The third kappa shape index (κ3) is 10600. The quantitative estimate of drug-likeness (QED) is 0.272. The third-order valence-corrected chi connectivity index (χ3v) is 0.0823. The van der Waals surface area contributed by atoms with Gasteiger partial charge in [-0.1, -0.05) is 0 Å². The summed E-state index contributed by atoms with van der Waals surface area (Å²) in [5, 5.41) is 15.4. The highest BCUT2D eigenvalue weighted by molar-refractivity contribution is 5.35. The first-order valence-electron chi connectivity index (χ1n) is 1.70. The van der Waals surface area contributed by atoms with Gasteiger partial charge < -0.3 is 20.5 Å². The van der Waals surface area contributed by atoms with E-state index in [2.05, 4.69) is 9.78 Å². The van der Waals surface area contributed by atoms with E-state index in [9.17, 15) is 0 Å². The number of hydrogen-bond donors (Lipinski definition) is 1. The van der Waals surface area contributed by atoms with Crippen LogP contribution >= 0.6 is 0 Å². The Morgan fingerprint density at radius 3 is 1.58 bits per heavy atom. The van der Waals surface area contributed by atoms with Crippen molar-refractivity contribution in [1.29, 1.82) is 0 Å². The average Bonchev–Trinajstić information content (AvgIpc) is 2.06. The van der Waals surface area contributed by atoms with Crippen molar-refractivity contribution in [2.45, 2.75) is 0 Å². The number of carbonyl (C=O) groups is 2. The molecule has 0 radical (unpaired) electrons. The molecular weight excluding hydrogens is 180 g/mol. The lowest BCUT2D eigenvalue weighted by molar-refractivity contribution is -0.652. The zero-order chi connectivity index (χ0) is 9.54. The van der Waals surface area contributed by atoms with Crippen molar-refractivity contribution in [1.82, 2.24) is 0 Å². The van der Waals surface area contributed by atoms with Crippen LogP contribution < -0.4 is 5.26 Å². The summed E-state index contributed by atoms with van der Waals surface area (Å²) in [5.41, 5.74) is 0. The van der Waals surface area contributed by atoms with Crippen molar-refractivity contribution in [3.63, 3.8) is 0 Å². The monoisotopic (exact) mass is 188 g/mol. The summed E-state index contributed by atoms with van der Waals surface area (Å²) in [6.45, 7) is -0.250. The summed E-state index contributed by atoms with van der Waals surface area (Å²) in [6, 6.07) is 0. The maximum Gasteiger partial charge on any atom is 1.00 e. The van der Waals surface area contributed by atoms with Gasteiger partial charge in [-0.25, -0.2) is 5.26 Å². The molecule has 0 saturated heterocycles. The molecule has 0 bridgehead atoms. The molecule has 3 N–H and O–H groups in total. The van der Waals surface area contributed by atoms with Crippen molar-refractivity contribution in [3.05, 3.63) is 0 Å². The Morgan fingerprint density at radius 2 is 1.58 bits per heavy atom. The highest BCUT2D eigenvalue weighted by Crippen LogP contribution is 1.33. The summed E-state index contributed by atoms with van der Waals surface area (Å²) >= 11 is 0. The van der Waals surface area contributed by atoms with Crippen molar-refractivity contribution in [3.8, 4) is 0 Å². The van der Waals surface area contributed by atoms with Gasteiger partial charge in [0.2, 0.25) is 0 Å². The Kier molecular flexibility index (Phi) is 113. The van der Waals surface area contributed by atoms with Gasteiger partial charge >= 0.3 is 14.1 Å². The van der Waals surface area contributed by atoms with Crippen LogP contribution in [0.2, 0.25) is 0 Å². The molecule has 0 atom stereocenters. The van der Waals surface area contributed by atoms with E-state index in [1.165, 1.54) is 0 Å². The van der Waals surface area contributed by atoms with E-state index in [4.69, 9.17) is 29.7 Å². The van der Waals surface area contributed by atoms with E-state index in [1.54, 1.807) is 0 Å². The highest BCUT2D eigenvalue weighted by Gasteiger charge is 1.47. The molecule has 9 nitrogen and oxygen atoms in total. The fraction of sp³-hybridized carbons (Fsp3) is 0. The Balaban J connectivity index is -0.0000000156. The molecule has 9 heteroatoms. The zero-order valence-electron chi connectivity index (χ0n) is 6.46. The van der Waals surface area contributed by atoms with Crippen LogP contribution in [0.15, 0.2) is 0 Å². The van der Waals surface area contributed by atoms with E-state index in [1.807, 2.05) is 0 Å². The van der Waals surface area contributed by atoms with Gasteiger partial charge in [-0.2, -0.15) is 9.59 Å². The van der Waals surface area contributed by atoms with Crippen LogP contribution in [-0.4, -0.2) is 29.8 Å². The second kappa shape index (κ2) is 60.4. The largest absolute Gasteiger partial charge is 1.00 e. The molecule has 0 rings (SSSR count). The Hall–Kier alpha value is -1.80. The van der Waals surface area contributed by atoms with Crippen LogP contribution in [0.25, 0.3) is 0 Å².